The molecule has 0 spiro atoms. The van der Waals surface area contributed by atoms with E-state index in [-0.39, 0.29) is 50.8 Å². The standard InChI is InChI=1S/C52H70O8/c1-45-19-9-21-49(5,43(54)55)38(45)15-23-47(3)36(45)17-25-51(7)40(47)28-30-27-31(11-13-34(30)59-51)58-35-14-12-33(53)42-32(35)29-41-48(4)24-16-39-46(2,20-10-22-50(39,6)44(56)57)37(48)18-26-52(41,8)60-42/h11-14,27,36-41,53H,9-10,15-26,28-29H2,1-8H3,(H,54,55)(H,56,57)/t36?,37?,38?,39?,40?,41?,45-,46+,47-,48+,49+,50-,51+,52-/m1/s1. The lowest BCUT2D eigenvalue weighted by molar-refractivity contribution is -0.215. The fourth-order valence-corrected chi connectivity index (χ4v) is 18.0. The van der Waals surface area contributed by atoms with Crippen LogP contribution in [0.1, 0.15) is 156 Å². The van der Waals surface area contributed by atoms with E-state index in [1.54, 1.807) is 6.07 Å². The second-order valence-electron chi connectivity index (χ2n) is 23.6. The third-order valence-electron chi connectivity index (χ3n) is 21.0. The van der Waals surface area contributed by atoms with Gasteiger partial charge in [0.1, 0.15) is 28.5 Å². The summed E-state index contributed by atoms with van der Waals surface area (Å²) in [5.41, 5.74) is -0.116. The molecular formula is C52H70O8. The van der Waals surface area contributed by atoms with Crippen LogP contribution in [0, 0.1) is 68.0 Å². The maximum atomic E-state index is 12.8. The van der Waals surface area contributed by atoms with Gasteiger partial charge in [-0.25, -0.2) is 0 Å². The second kappa shape index (κ2) is 12.8. The van der Waals surface area contributed by atoms with Crippen LogP contribution in [-0.4, -0.2) is 38.5 Å². The number of hydrogen-bond acceptors (Lipinski definition) is 6. The quantitative estimate of drug-likeness (QED) is 0.279. The van der Waals surface area contributed by atoms with Gasteiger partial charge in [-0.05, 0) is 199 Å². The van der Waals surface area contributed by atoms with E-state index in [4.69, 9.17) is 14.2 Å². The summed E-state index contributed by atoms with van der Waals surface area (Å²) in [5.74, 6) is 3.46. The minimum absolute atomic E-state index is 0.0109. The van der Waals surface area contributed by atoms with Gasteiger partial charge in [-0.1, -0.05) is 40.5 Å². The summed E-state index contributed by atoms with van der Waals surface area (Å²) in [4.78, 5) is 25.6. The number of benzene rings is 2. The van der Waals surface area contributed by atoms with Crippen LogP contribution in [0.5, 0.6) is 28.7 Å². The molecule has 8 nitrogen and oxygen atoms in total. The second-order valence-corrected chi connectivity index (χ2v) is 23.6. The lowest BCUT2D eigenvalue weighted by Gasteiger charge is -2.68. The van der Waals surface area contributed by atoms with Crippen molar-refractivity contribution in [2.75, 3.05) is 0 Å². The SMILES string of the molecule is C[C@]12CCC3[C@@](C)(CCC[C@@]3(C)C(=O)O)C1CC[C@@]1(C)Oc3c(O)ccc(Oc4ccc5c(c4)CC4[C@]6(C)CCC7[C@](C)(CCC[C@]7(C)C(=O)O)C6CC[C@]4(C)O5)c3CC21. The highest BCUT2D eigenvalue weighted by Crippen LogP contribution is 2.73. The van der Waals surface area contributed by atoms with Gasteiger partial charge in [-0.15, -0.1) is 0 Å². The molecule has 10 rings (SSSR count). The van der Waals surface area contributed by atoms with Crippen LogP contribution >= 0.6 is 0 Å². The van der Waals surface area contributed by atoms with Gasteiger partial charge >= 0.3 is 11.9 Å². The third-order valence-corrected chi connectivity index (χ3v) is 21.0. The van der Waals surface area contributed by atoms with Crippen molar-refractivity contribution >= 4 is 11.9 Å². The topological polar surface area (TPSA) is 123 Å². The summed E-state index contributed by atoms with van der Waals surface area (Å²) in [6, 6.07) is 9.88. The van der Waals surface area contributed by atoms with E-state index < -0.39 is 28.4 Å². The number of aliphatic carboxylic acids is 2. The zero-order chi connectivity index (χ0) is 42.6. The van der Waals surface area contributed by atoms with Crippen LogP contribution in [0.15, 0.2) is 30.3 Å². The lowest BCUT2D eigenvalue weighted by atomic mass is 9.37. The molecule has 2 aliphatic heterocycles. The largest absolute Gasteiger partial charge is 0.504 e. The lowest BCUT2D eigenvalue weighted by Crippen LogP contribution is -2.65. The van der Waals surface area contributed by atoms with E-state index in [9.17, 15) is 24.9 Å². The summed E-state index contributed by atoms with van der Waals surface area (Å²) < 4.78 is 21.0. The normalized spacial score (nSPS) is 47.4. The predicted molar refractivity (Wildman–Crippen MR) is 230 cm³/mol. The van der Waals surface area contributed by atoms with Crippen molar-refractivity contribution in [1.82, 2.24) is 0 Å². The van der Waals surface area contributed by atoms with Crippen LogP contribution in [0.2, 0.25) is 0 Å². The molecule has 60 heavy (non-hydrogen) atoms. The molecule has 0 bridgehead atoms. The molecule has 8 aliphatic rings. The molecule has 6 unspecified atom stereocenters. The highest BCUT2D eigenvalue weighted by molar-refractivity contribution is 5.75. The first-order valence-corrected chi connectivity index (χ1v) is 23.7. The molecule has 2 aromatic rings. The molecule has 0 amide bonds. The van der Waals surface area contributed by atoms with Crippen LogP contribution in [0.4, 0.5) is 0 Å². The van der Waals surface area contributed by atoms with Crippen LogP contribution in [-0.2, 0) is 22.4 Å². The average molecular weight is 823 g/mol. The van der Waals surface area contributed by atoms with Crippen molar-refractivity contribution in [3.63, 3.8) is 0 Å². The first-order chi connectivity index (χ1) is 28.1. The van der Waals surface area contributed by atoms with Crippen LogP contribution in [0.25, 0.3) is 0 Å². The Morgan fingerprint density at radius 1 is 0.583 bits per heavy atom. The Balaban J connectivity index is 0.942. The molecule has 2 heterocycles. The van der Waals surface area contributed by atoms with Crippen molar-refractivity contribution in [2.24, 2.45) is 68.0 Å². The molecule has 6 saturated carbocycles. The fourth-order valence-electron chi connectivity index (χ4n) is 18.0. The zero-order valence-electron chi connectivity index (χ0n) is 37.5. The van der Waals surface area contributed by atoms with Crippen LogP contribution in [0.3, 0.4) is 0 Å². The number of hydrogen-bond donors (Lipinski definition) is 3. The van der Waals surface area contributed by atoms with Gasteiger partial charge in [-0.3, -0.25) is 9.59 Å². The first kappa shape index (κ1) is 40.6. The van der Waals surface area contributed by atoms with E-state index in [0.717, 1.165) is 125 Å². The smallest absolute Gasteiger partial charge is 0.309 e. The Kier molecular flexibility index (Phi) is 8.69. The number of fused-ring (bicyclic) bond motifs is 12. The van der Waals surface area contributed by atoms with Gasteiger partial charge in [0.2, 0.25) is 0 Å². The van der Waals surface area contributed by atoms with Gasteiger partial charge < -0.3 is 29.5 Å². The van der Waals surface area contributed by atoms with E-state index in [0.29, 0.717) is 29.3 Å². The van der Waals surface area contributed by atoms with Gasteiger partial charge in [0.05, 0.1) is 10.8 Å². The highest BCUT2D eigenvalue weighted by Gasteiger charge is 2.69. The summed E-state index contributed by atoms with van der Waals surface area (Å²) >= 11 is 0. The number of ether oxygens (including phenoxy) is 3. The van der Waals surface area contributed by atoms with E-state index in [2.05, 4.69) is 53.7 Å². The molecule has 2 aromatic carbocycles. The monoisotopic (exact) mass is 823 g/mol. The maximum Gasteiger partial charge on any atom is 0.309 e. The third kappa shape index (κ3) is 5.26. The molecule has 14 atom stereocenters. The molecular weight excluding hydrogens is 753 g/mol. The van der Waals surface area contributed by atoms with Crippen molar-refractivity contribution in [3.05, 3.63) is 41.5 Å². The van der Waals surface area contributed by atoms with Crippen LogP contribution < -0.4 is 14.2 Å². The number of phenols is 1. The van der Waals surface area contributed by atoms with Crippen molar-refractivity contribution < 1.29 is 39.1 Å². The summed E-state index contributed by atoms with van der Waals surface area (Å²) in [5, 5.41) is 32.3. The summed E-state index contributed by atoms with van der Waals surface area (Å²) in [7, 11) is 0. The van der Waals surface area contributed by atoms with Gasteiger partial charge in [-0.2, -0.15) is 0 Å². The van der Waals surface area contributed by atoms with E-state index in [1.165, 1.54) is 0 Å². The number of carboxylic acid groups (broad SMARTS) is 2. The minimum Gasteiger partial charge on any atom is -0.504 e. The number of carbonyl (C=O) groups is 2. The molecule has 3 N–H and O–H groups in total. The van der Waals surface area contributed by atoms with Crippen molar-refractivity contribution in [3.8, 4) is 28.7 Å². The van der Waals surface area contributed by atoms with Crippen molar-refractivity contribution in [2.45, 2.75) is 169 Å². The van der Waals surface area contributed by atoms with Gasteiger partial charge in [0.15, 0.2) is 11.5 Å². The Morgan fingerprint density at radius 2 is 1.08 bits per heavy atom. The Labute approximate surface area is 357 Å². The number of rotatable bonds is 4. The van der Waals surface area contributed by atoms with Gasteiger partial charge in [0.25, 0.3) is 0 Å². The Hall–Kier alpha value is -3.42. The van der Waals surface area contributed by atoms with Crippen molar-refractivity contribution in [1.29, 1.82) is 0 Å². The first-order valence-electron chi connectivity index (χ1n) is 23.7. The Morgan fingerprint density at radius 3 is 1.63 bits per heavy atom. The molecule has 8 heteroatoms. The average Bonchev–Trinajstić information content (AvgIpc) is 3.17. The fraction of sp³-hybridized carbons (Fsp3) is 0.731. The maximum absolute atomic E-state index is 12.8. The van der Waals surface area contributed by atoms with E-state index in [1.807, 2.05) is 26.0 Å². The molecule has 0 radical (unpaired) electrons. The highest BCUT2D eigenvalue weighted by atomic mass is 16.5. The number of aromatic hydroxyl groups is 1. The van der Waals surface area contributed by atoms with Gasteiger partial charge in [0, 0.05) is 17.4 Å². The zero-order valence-corrected chi connectivity index (χ0v) is 37.5. The summed E-state index contributed by atoms with van der Waals surface area (Å²) in [6.07, 6.45) is 15.0. The Bertz CT molecular complexity index is 2150. The predicted octanol–water partition coefficient (Wildman–Crippen LogP) is 12.0. The molecule has 6 fully saturated rings. The van der Waals surface area contributed by atoms with E-state index >= 15 is 0 Å². The molecule has 6 aliphatic carbocycles. The number of carboxylic acids is 2. The number of phenolic OH excluding ortho intramolecular Hbond substituents is 1. The summed E-state index contributed by atoms with van der Waals surface area (Å²) in [6.45, 7) is 18.4. The molecule has 0 aromatic heterocycles. The molecule has 0 saturated heterocycles. The minimum atomic E-state index is -0.691. The molecule has 326 valence electrons.